The van der Waals surface area contributed by atoms with Gasteiger partial charge in [0.05, 0.1) is 7.11 Å². The Kier molecular flexibility index (Phi) is 2.85. The molecule has 12 heavy (non-hydrogen) atoms. The van der Waals surface area contributed by atoms with Crippen LogP contribution in [0.2, 0.25) is 0 Å². The molecular formula is C8H8BFO2. The van der Waals surface area contributed by atoms with E-state index in [0.29, 0.717) is 5.46 Å². The molecule has 0 heterocycles. The maximum absolute atomic E-state index is 13.1. The summed E-state index contributed by atoms with van der Waals surface area (Å²) < 4.78 is 17.3. The minimum Gasteiger partial charge on any atom is -0.474 e. The number of methoxy groups -OCH3 is 1. The van der Waals surface area contributed by atoms with Gasteiger partial charge in [-0.1, -0.05) is 30.3 Å². The number of carbonyl (C=O) groups excluding carboxylic acids is 1. The van der Waals surface area contributed by atoms with Gasteiger partial charge in [-0.15, -0.1) is 0 Å². The summed E-state index contributed by atoms with van der Waals surface area (Å²) in [4.78, 5) is 10.7. The maximum atomic E-state index is 13.1. The Morgan fingerprint density at radius 3 is 2.50 bits per heavy atom. The van der Waals surface area contributed by atoms with Crippen LogP contribution < -0.4 is 5.46 Å². The van der Waals surface area contributed by atoms with Gasteiger partial charge in [0.15, 0.2) is 0 Å². The first-order valence-electron chi connectivity index (χ1n) is 3.52. The lowest BCUT2D eigenvalue weighted by atomic mass is 9.65. The first-order valence-corrected chi connectivity index (χ1v) is 3.52. The van der Waals surface area contributed by atoms with Crippen LogP contribution in [-0.2, 0) is 4.74 Å². The Bertz CT molecular complexity index is 263. The van der Waals surface area contributed by atoms with E-state index in [1.807, 2.05) is 0 Å². The molecule has 0 bridgehead atoms. The van der Waals surface area contributed by atoms with E-state index in [1.165, 1.54) is 0 Å². The van der Waals surface area contributed by atoms with Gasteiger partial charge < -0.3 is 9.05 Å². The number of benzene rings is 1. The minimum atomic E-state index is -1.67. The molecule has 62 valence electrons. The summed E-state index contributed by atoms with van der Waals surface area (Å²) >= 11 is 0. The van der Waals surface area contributed by atoms with Crippen LogP contribution in [0.3, 0.4) is 0 Å². The molecule has 0 saturated carbocycles. The second kappa shape index (κ2) is 3.90. The molecule has 2 nitrogen and oxygen atoms in total. The Morgan fingerprint density at radius 1 is 1.42 bits per heavy atom. The average Bonchev–Trinajstić information content (AvgIpc) is 2.17. The van der Waals surface area contributed by atoms with Crippen molar-refractivity contribution >= 4 is 18.3 Å². The molecule has 0 aliphatic heterocycles. The van der Waals surface area contributed by atoms with E-state index in [2.05, 4.69) is 4.74 Å². The SMILES string of the molecule is COC(=O)B(F)c1ccccc1. The van der Waals surface area contributed by atoms with Gasteiger partial charge in [-0.25, -0.2) is 0 Å². The van der Waals surface area contributed by atoms with Gasteiger partial charge in [-0.2, -0.15) is 0 Å². The highest BCUT2D eigenvalue weighted by Gasteiger charge is 2.27. The molecule has 0 aliphatic rings. The van der Waals surface area contributed by atoms with E-state index < -0.39 is 12.9 Å². The summed E-state index contributed by atoms with van der Waals surface area (Å²) in [5, 5.41) is 0. The molecule has 0 aliphatic carbocycles. The molecule has 0 fully saturated rings. The summed E-state index contributed by atoms with van der Waals surface area (Å²) in [7, 11) is 1.16. The zero-order valence-electron chi connectivity index (χ0n) is 6.66. The third kappa shape index (κ3) is 1.84. The molecule has 0 spiro atoms. The molecule has 0 amide bonds. The van der Waals surface area contributed by atoms with E-state index in [4.69, 9.17) is 0 Å². The fourth-order valence-electron chi connectivity index (χ4n) is 0.862. The van der Waals surface area contributed by atoms with Crippen LogP contribution in [0.1, 0.15) is 0 Å². The summed E-state index contributed by atoms with van der Waals surface area (Å²) in [5.41, 5.74) is 0.323. The van der Waals surface area contributed by atoms with Gasteiger partial charge in [0.1, 0.15) is 0 Å². The second-order valence-electron chi connectivity index (χ2n) is 2.30. The first kappa shape index (κ1) is 8.78. The lowest BCUT2D eigenvalue weighted by Gasteiger charge is -2.00. The van der Waals surface area contributed by atoms with Crippen molar-refractivity contribution in [3.8, 4) is 0 Å². The number of halogens is 1. The van der Waals surface area contributed by atoms with Gasteiger partial charge >= 0.3 is 12.9 Å². The summed E-state index contributed by atoms with van der Waals surface area (Å²) in [6.07, 6.45) is 0. The smallest absolute Gasteiger partial charge is 0.474 e. The summed E-state index contributed by atoms with van der Waals surface area (Å²) in [6, 6.07) is 8.19. The van der Waals surface area contributed by atoms with Gasteiger partial charge in [0.25, 0.3) is 0 Å². The van der Waals surface area contributed by atoms with Crippen molar-refractivity contribution in [2.75, 3.05) is 7.11 Å². The molecule has 0 aromatic heterocycles. The summed E-state index contributed by atoms with van der Waals surface area (Å²) in [5.74, 6) is -0.860. The number of carbonyl (C=O) groups is 1. The van der Waals surface area contributed by atoms with Crippen LogP contribution in [0, 0.1) is 0 Å². The molecule has 1 rings (SSSR count). The fourth-order valence-corrected chi connectivity index (χ4v) is 0.862. The highest BCUT2D eigenvalue weighted by Crippen LogP contribution is 1.93. The number of rotatable bonds is 2. The van der Waals surface area contributed by atoms with Crippen LogP contribution in [0.5, 0.6) is 0 Å². The molecule has 0 unspecified atom stereocenters. The van der Waals surface area contributed by atoms with Crippen LogP contribution >= 0.6 is 0 Å². The lowest BCUT2D eigenvalue weighted by Crippen LogP contribution is -2.34. The van der Waals surface area contributed by atoms with Crippen LogP contribution in [0.25, 0.3) is 0 Å². The van der Waals surface area contributed by atoms with Crippen molar-refractivity contribution in [2.24, 2.45) is 0 Å². The van der Waals surface area contributed by atoms with Crippen LogP contribution in [-0.4, -0.2) is 20.0 Å². The van der Waals surface area contributed by atoms with Gasteiger partial charge in [0, 0.05) is 0 Å². The molecule has 0 N–H and O–H groups in total. The molecule has 0 radical (unpaired) electrons. The minimum absolute atomic E-state index is 0.323. The first-order chi connectivity index (χ1) is 5.75. The molecular weight excluding hydrogens is 158 g/mol. The van der Waals surface area contributed by atoms with Crippen LogP contribution in [0.15, 0.2) is 30.3 Å². The zero-order valence-corrected chi connectivity index (χ0v) is 6.66. The van der Waals surface area contributed by atoms with E-state index in [9.17, 15) is 9.11 Å². The van der Waals surface area contributed by atoms with E-state index in [-0.39, 0.29) is 0 Å². The van der Waals surface area contributed by atoms with Gasteiger partial charge in [0.2, 0.25) is 0 Å². The lowest BCUT2D eigenvalue weighted by molar-refractivity contribution is 0.195. The maximum Gasteiger partial charge on any atom is 0.504 e. The molecule has 0 saturated heterocycles. The van der Waals surface area contributed by atoms with Gasteiger partial charge in [-0.3, -0.25) is 4.79 Å². The van der Waals surface area contributed by atoms with E-state index in [1.54, 1.807) is 30.3 Å². The number of hydrogen-bond acceptors (Lipinski definition) is 2. The Labute approximate surface area is 70.5 Å². The third-order valence-electron chi connectivity index (χ3n) is 1.50. The molecule has 1 aromatic rings. The van der Waals surface area contributed by atoms with Crippen molar-refractivity contribution in [3.05, 3.63) is 30.3 Å². The Balaban J connectivity index is 2.78. The predicted octanol–water partition coefficient (Wildman–Crippen LogP) is 1.20. The number of hydrogen-bond donors (Lipinski definition) is 0. The highest BCUT2D eigenvalue weighted by molar-refractivity contribution is 6.93. The fraction of sp³-hybridized carbons (Fsp3) is 0.125. The third-order valence-corrected chi connectivity index (χ3v) is 1.50. The molecule has 1 aromatic carbocycles. The van der Waals surface area contributed by atoms with E-state index in [0.717, 1.165) is 7.11 Å². The van der Waals surface area contributed by atoms with Crippen molar-refractivity contribution in [3.63, 3.8) is 0 Å². The van der Waals surface area contributed by atoms with E-state index >= 15 is 0 Å². The Hall–Kier alpha value is -1.32. The quantitative estimate of drug-likeness (QED) is 0.617. The topological polar surface area (TPSA) is 26.3 Å². The standard InChI is InChI=1S/C8H8BFO2/c1-12-8(11)9(10)7-5-3-2-4-6-7/h2-6H,1H3. The van der Waals surface area contributed by atoms with Crippen molar-refractivity contribution in [1.29, 1.82) is 0 Å². The van der Waals surface area contributed by atoms with Crippen molar-refractivity contribution in [2.45, 2.75) is 0 Å². The normalized spacial score (nSPS) is 9.17. The molecule has 0 atom stereocenters. The predicted molar refractivity (Wildman–Crippen MR) is 45.3 cm³/mol. The zero-order chi connectivity index (χ0) is 8.97. The molecule has 4 heteroatoms. The van der Waals surface area contributed by atoms with Crippen molar-refractivity contribution < 1.29 is 13.8 Å². The van der Waals surface area contributed by atoms with Crippen molar-refractivity contribution in [1.82, 2.24) is 0 Å². The van der Waals surface area contributed by atoms with Crippen LogP contribution in [0.4, 0.5) is 9.11 Å². The Morgan fingerprint density at radius 2 is 2.00 bits per heavy atom. The van der Waals surface area contributed by atoms with Gasteiger partial charge in [-0.05, 0) is 5.46 Å². The highest BCUT2D eigenvalue weighted by atomic mass is 19.1. The average molecular weight is 166 g/mol. The second-order valence-corrected chi connectivity index (χ2v) is 2.30. The summed E-state index contributed by atoms with van der Waals surface area (Å²) in [6.45, 7) is -1.67. The monoisotopic (exact) mass is 166 g/mol. The number of ether oxygens (including phenoxy) is 1. The largest absolute Gasteiger partial charge is 0.504 e.